The topological polar surface area (TPSA) is 53.1 Å². The Morgan fingerprint density at radius 3 is 2.19 bits per heavy atom. The van der Waals surface area contributed by atoms with Crippen LogP contribution >= 0.6 is 0 Å². The van der Waals surface area contributed by atoms with E-state index in [0.717, 1.165) is 69.4 Å². The molecule has 5 nitrogen and oxygen atoms in total. The van der Waals surface area contributed by atoms with E-state index in [-0.39, 0.29) is 0 Å². The van der Waals surface area contributed by atoms with Gasteiger partial charge in [0.1, 0.15) is 5.82 Å². The zero-order valence-corrected chi connectivity index (χ0v) is 18.3. The standard InChI is InChI=1S/C22H43N5/c1-5-9-10-11-12-13-16-24-22-25-20(15-6-2)19-21(26-22)23-17-14-18-27(7-3)8-4/h19H,5-18H2,1-4H3,(H2,23,24,25,26). The summed E-state index contributed by atoms with van der Waals surface area (Å²) in [5.74, 6) is 1.74. The monoisotopic (exact) mass is 377 g/mol. The molecule has 156 valence electrons. The molecule has 0 aromatic carbocycles. The molecule has 0 amide bonds. The van der Waals surface area contributed by atoms with Gasteiger partial charge >= 0.3 is 0 Å². The summed E-state index contributed by atoms with van der Waals surface area (Å²) in [7, 11) is 0. The summed E-state index contributed by atoms with van der Waals surface area (Å²) in [6, 6.07) is 2.11. The second kappa shape index (κ2) is 15.7. The number of rotatable bonds is 17. The highest BCUT2D eigenvalue weighted by Crippen LogP contribution is 2.13. The van der Waals surface area contributed by atoms with Crippen LogP contribution in [0.3, 0.4) is 0 Å². The Balaban J connectivity index is 2.43. The van der Waals surface area contributed by atoms with E-state index >= 15 is 0 Å². The highest BCUT2D eigenvalue weighted by Gasteiger charge is 2.05. The fourth-order valence-corrected chi connectivity index (χ4v) is 3.22. The van der Waals surface area contributed by atoms with Gasteiger partial charge in [0.15, 0.2) is 0 Å². The molecule has 0 radical (unpaired) electrons. The predicted octanol–water partition coefficient (Wildman–Crippen LogP) is 5.35. The maximum Gasteiger partial charge on any atom is 0.224 e. The first kappa shape index (κ1) is 23.7. The lowest BCUT2D eigenvalue weighted by Crippen LogP contribution is -2.25. The molecule has 2 N–H and O–H groups in total. The fourth-order valence-electron chi connectivity index (χ4n) is 3.22. The van der Waals surface area contributed by atoms with Gasteiger partial charge in [-0.1, -0.05) is 66.2 Å². The zero-order chi connectivity index (χ0) is 19.7. The number of aryl methyl sites for hydroxylation is 1. The quantitative estimate of drug-likeness (QED) is 0.359. The largest absolute Gasteiger partial charge is 0.370 e. The first-order valence-corrected chi connectivity index (χ1v) is 11.3. The van der Waals surface area contributed by atoms with Crippen LogP contribution in [0.15, 0.2) is 6.07 Å². The van der Waals surface area contributed by atoms with Gasteiger partial charge in [0.25, 0.3) is 0 Å². The second-order valence-electron chi connectivity index (χ2n) is 7.32. The van der Waals surface area contributed by atoms with Crippen molar-refractivity contribution in [2.24, 2.45) is 0 Å². The van der Waals surface area contributed by atoms with Crippen molar-refractivity contribution >= 4 is 11.8 Å². The fraction of sp³-hybridized carbons (Fsp3) is 0.818. The molecule has 0 fully saturated rings. The molecule has 0 spiro atoms. The van der Waals surface area contributed by atoms with Crippen LogP contribution < -0.4 is 10.6 Å². The number of nitrogens with one attached hydrogen (secondary N) is 2. The number of nitrogens with zero attached hydrogens (tertiary/aromatic N) is 3. The summed E-state index contributed by atoms with van der Waals surface area (Å²) in [6.45, 7) is 14.2. The van der Waals surface area contributed by atoms with Crippen LogP contribution in [0.1, 0.15) is 84.8 Å². The maximum atomic E-state index is 4.68. The second-order valence-corrected chi connectivity index (χ2v) is 7.32. The van der Waals surface area contributed by atoms with Gasteiger partial charge in [0.2, 0.25) is 5.95 Å². The molecule has 5 heteroatoms. The van der Waals surface area contributed by atoms with Crippen LogP contribution in [-0.2, 0) is 6.42 Å². The minimum atomic E-state index is 0.778. The first-order chi connectivity index (χ1) is 13.2. The Hall–Kier alpha value is -1.36. The molecule has 0 aliphatic carbocycles. The number of unbranched alkanes of at least 4 members (excludes halogenated alkanes) is 5. The first-order valence-electron chi connectivity index (χ1n) is 11.3. The highest BCUT2D eigenvalue weighted by atomic mass is 15.1. The molecular formula is C22H43N5. The van der Waals surface area contributed by atoms with Gasteiger partial charge in [-0.2, -0.15) is 4.98 Å². The Morgan fingerprint density at radius 2 is 1.48 bits per heavy atom. The lowest BCUT2D eigenvalue weighted by molar-refractivity contribution is 0.303. The Labute approximate surface area is 167 Å². The number of hydrogen-bond acceptors (Lipinski definition) is 5. The molecule has 27 heavy (non-hydrogen) atoms. The molecule has 0 unspecified atom stereocenters. The van der Waals surface area contributed by atoms with Gasteiger partial charge in [0.05, 0.1) is 0 Å². The van der Waals surface area contributed by atoms with Crippen molar-refractivity contribution in [3.8, 4) is 0 Å². The van der Waals surface area contributed by atoms with E-state index in [1.54, 1.807) is 0 Å². The van der Waals surface area contributed by atoms with Crippen LogP contribution in [-0.4, -0.2) is 47.6 Å². The summed E-state index contributed by atoms with van der Waals surface area (Å²) in [5.41, 5.74) is 1.13. The molecule has 0 saturated heterocycles. The van der Waals surface area contributed by atoms with Gasteiger partial charge in [0, 0.05) is 24.8 Å². The normalized spacial score (nSPS) is 11.1. The van der Waals surface area contributed by atoms with E-state index in [4.69, 9.17) is 0 Å². The van der Waals surface area contributed by atoms with Crippen molar-refractivity contribution < 1.29 is 0 Å². The number of aromatic nitrogens is 2. The minimum Gasteiger partial charge on any atom is -0.370 e. The van der Waals surface area contributed by atoms with Crippen LogP contribution in [0.2, 0.25) is 0 Å². The van der Waals surface area contributed by atoms with E-state index in [2.05, 4.69) is 59.3 Å². The van der Waals surface area contributed by atoms with Gasteiger partial charge in [-0.3, -0.25) is 0 Å². The molecule has 1 aromatic rings. The predicted molar refractivity (Wildman–Crippen MR) is 119 cm³/mol. The molecule has 1 rings (SSSR count). The molecule has 0 saturated carbocycles. The molecular weight excluding hydrogens is 334 g/mol. The van der Waals surface area contributed by atoms with Crippen molar-refractivity contribution in [2.45, 2.75) is 85.5 Å². The number of hydrogen-bond donors (Lipinski definition) is 2. The summed E-state index contributed by atoms with van der Waals surface area (Å²) in [5, 5.41) is 6.93. The van der Waals surface area contributed by atoms with Gasteiger partial charge in [-0.15, -0.1) is 0 Å². The molecule has 0 atom stereocenters. The van der Waals surface area contributed by atoms with Gasteiger partial charge in [-0.25, -0.2) is 4.98 Å². The van der Waals surface area contributed by atoms with E-state index in [1.807, 2.05) is 0 Å². The third kappa shape index (κ3) is 11.2. The highest BCUT2D eigenvalue weighted by molar-refractivity contribution is 5.42. The van der Waals surface area contributed by atoms with Crippen molar-refractivity contribution in [2.75, 3.05) is 43.4 Å². The Bertz CT molecular complexity index is 474. The third-order valence-corrected chi connectivity index (χ3v) is 4.95. The molecule has 0 aliphatic rings. The van der Waals surface area contributed by atoms with Crippen molar-refractivity contribution in [3.63, 3.8) is 0 Å². The van der Waals surface area contributed by atoms with E-state index in [9.17, 15) is 0 Å². The Morgan fingerprint density at radius 1 is 0.778 bits per heavy atom. The Kier molecular flexibility index (Phi) is 13.7. The lowest BCUT2D eigenvalue weighted by Gasteiger charge is -2.18. The van der Waals surface area contributed by atoms with E-state index in [0.29, 0.717) is 0 Å². The molecule has 0 bridgehead atoms. The SMILES string of the molecule is CCCCCCCCNc1nc(CCC)cc(NCCCN(CC)CC)n1. The smallest absolute Gasteiger partial charge is 0.224 e. The van der Waals surface area contributed by atoms with Crippen molar-refractivity contribution in [3.05, 3.63) is 11.8 Å². The third-order valence-electron chi connectivity index (χ3n) is 4.95. The van der Waals surface area contributed by atoms with Crippen molar-refractivity contribution in [1.82, 2.24) is 14.9 Å². The van der Waals surface area contributed by atoms with E-state index < -0.39 is 0 Å². The minimum absolute atomic E-state index is 0.778. The molecule has 1 aromatic heterocycles. The van der Waals surface area contributed by atoms with Gasteiger partial charge < -0.3 is 15.5 Å². The van der Waals surface area contributed by atoms with Crippen LogP contribution in [0, 0.1) is 0 Å². The summed E-state index contributed by atoms with van der Waals surface area (Å²) < 4.78 is 0. The summed E-state index contributed by atoms with van der Waals surface area (Å²) in [6.07, 6.45) is 11.1. The van der Waals surface area contributed by atoms with E-state index in [1.165, 1.54) is 38.5 Å². The average Bonchev–Trinajstić information content (AvgIpc) is 2.67. The summed E-state index contributed by atoms with van der Waals surface area (Å²) in [4.78, 5) is 11.8. The zero-order valence-electron chi connectivity index (χ0n) is 18.3. The summed E-state index contributed by atoms with van der Waals surface area (Å²) >= 11 is 0. The maximum absolute atomic E-state index is 4.68. The van der Waals surface area contributed by atoms with Crippen LogP contribution in [0.25, 0.3) is 0 Å². The van der Waals surface area contributed by atoms with Crippen LogP contribution in [0.5, 0.6) is 0 Å². The van der Waals surface area contributed by atoms with Crippen LogP contribution in [0.4, 0.5) is 11.8 Å². The number of anilines is 2. The average molecular weight is 378 g/mol. The van der Waals surface area contributed by atoms with Gasteiger partial charge in [-0.05, 0) is 38.9 Å². The molecule has 1 heterocycles. The molecule has 0 aliphatic heterocycles. The van der Waals surface area contributed by atoms with Crippen molar-refractivity contribution in [1.29, 1.82) is 0 Å². The lowest BCUT2D eigenvalue weighted by atomic mass is 10.1.